The number of ether oxygens (including phenoxy) is 3. The standard InChI is InChI=1S/C18H18N2O6/c1-2-7-24-18(23)26-16-10-12(4-6-14(16)20)8-11-3-5-13(19)15(9-11)25-17(21)22/h2-6,9-10H,1,7-8,19-20H2,(H,21,22). The Balaban J connectivity index is 2.17. The van der Waals surface area contributed by atoms with Crippen molar-refractivity contribution in [2.45, 2.75) is 6.42 Å². The number of hydrogen-bond donors (Lipinski definition) is 3. The van der Waals surface area contributed by atoms with Crippen molar-refractivity contribution >= 4 is 23.7 Å². The predicted octanol–water partition coefficient (Wildman–Crippen LogP) is 3.20. The third-order valence-corrected chi connectivity index (χ3v) is 3.27. The highest BCUT2D eigenvalue weighted by Crippen LogP contribution is 2.27. The van der Waals surface area contributed by atoms with Crippen molar-refractivity contribution < 1.29 is 28.9 Å². The van der Waals surface area contributed by atoms with E-state index in [4.69, 9.17) is 26.0 Å². The van der Waals surface area contributed by atoms with E-state index in [-0.39, 0.29) is 29.5 Å². The number of anilines is 2. The molecule has 5 N–H and O–H groups in total. The normalized spacial score (nSPS) is 10.0. The van der Waals surface area contributed by atoms with Gasteiger partial charge < -0.3 is 30.8 Å². The molecule has 26 heavy (non-hydrogen) atoms. The van der Waals surface area contributed by atoms with Gasteiger partial charge >= 0.3 is 12.3 Å². The highest BCUT2D eigenvalue weighted by atomic mass is 16.7. The van der Waals surface area contributed by atoms with Gasteiger partial charge in [-0.1, -0.05) is 24.8 Å². The maximum atomic E-state index is 11.5. The Labute approximate surface area is 149 Å². The van der Waals surface area contributed by atoms with Crippen molar-refractivity contribution in [3.8, 4) is 11.5 Å². The molecule has 0 aliphatic rings. The summed E-state index contributed by atoms with van der Waals surface area (Å²) in [7, 11) is 0. The Kier molecular flexibility index (Phi) is 6.05. The third-order valence-electron chi connectivity index (χ3n) is 3.27. The zero-order valence-electron chi connectivity index (χ0n) is 13.8. The van der Waals surface area contributed by atoms with Crippen molar-refractivity contribution in [1.29, 1.82) is 0 Å². The molecule has 136 valence electrons. The van der Waals surface area contributed by atoms with Gasteiger partial charge in [0, 0.05) is 0 Å². The fraction of sp³-hybridized carbons (Fsp3) is 0.111. The van der Waals surface area contributed by atoms with Gasteiger partial charge in [0.1, 0.15) is 6.61 Å². The molecule has 0 saturated heterocycles. The molecule has 0 unspecified atom stereocenters. The summed E-state index contributed by atoms with van der Waals surface area (Å²) in [5.41, 5.74) is 13.5. The van der Waals surface area contributed by atoms with Crippen LogP contribution in [0.15, 0.2) is 49.1 Å². The van der Waals surface area contributed by atoms with Crippen LogP contribution in [0.4, 0.5) is 21.0 Å². The second-order valence-corrected chi connectivity index (χ2v) is 5.24. The van der Waals surface area contributed by atoms with E-state index in [1.807, 2.05) is 0 Å². The molecule has 0 aliphatic carbocycles. The van der Waals surface area contributed by atoms with Crippen LogP contribution in [0.25, 0.3) is 0 Å². The van der Waals surface area contributed by atoms with E-state index in [1.165, 1.54) is 12.1 Å². The molecule has 0 aromatic heterocycles. The van der Waals surface area contributed by atoms with Crippen LogP contribution in [0.5, 0.6) is 11.5 Å². The van der Waals surface area contributed by atoms with Gasteiger partial charge in [0.05, 0.1) is 11.4 Å². The van der Waals surface area contributed by atoms with E-state index in [9.17, 15) is 9.59 Å². The lowest BCUT2D eigenvalue weighted by atomic mass is 10.0. The van der Waals surface area contributed by atoms with Crippen molar-refractivity contribution in [3.05, 3.63) is 60.2 Å². The van der Waals surface area contributed by atoms with Crippen LogP contribution >= 0.6 is 0 Å². The number of hydrogen-bond acceptors (Lipinski definition) is 7. The number of nitrogens with two attached hydrogens (primary N) is 2. The third kappa shape index (κ3) is 5.17. The van der Waals surface area contributed by atoms with Crippen LogP contribution in [0.3, 0.4) is 0 Å². The monoisotopic (exact) mass is 358 g/mol. The summed E-state index contributed by atoms with van der Waals surface area (Å²) in [6.45, 7) is 3.46. The number of carbonyl (C=O) groups is 2. The Morgan fingerprint density at radius 3 is 2.04 bits per heavy atom. The second-order valence-electron chi connectivity index (χ2n) is 5.24. The van der Waals surface area contributed by atoms with Crippen molar-refractivity contribution in [3.63, 3.8) is 0 Å². The topological polar surface area (TPSA) is 134 Å². The highest BCUT2D eigenvalue weighted by Gasteiger charge is 2.11. The molecule has 0 aliphatic heterocycles. The van der Waals surface area contributed by atoms with E-state index in [2.05, 4.69) is 11.3 Å². The van der Waals surface area contributed by atoms with Crippen molar-refractivity contribution in [2.75, 3.05) is 18.1 Å². The van der Waals surface area contributed by atoms with Gasteiger partial charge in [-0.3, -0.25) is 0 Å². The van der Waals surface area contributed by atoms with E-state index in [1.54, 1.807) is 30.3 Å². The van der Waals surface area contributed by atoms with Crippen LogP contribution in [-0.2, 0) is 11.2 Å². The number of rotatable bonds is 6. The van der Waals surface area contributed by atoms with Gasteiger partial charge in [0.25, 0.3) is 0 Å². The summed E-state index contributed by atoms with van der Waals surface area (Å²) in [5.74, 6) is 0.212. The van der Waals surface area contributed by atoms with Gasteiger partial charge in [-0.15, -0.1) is 0 Å². The average Bonchev–Trinajstić information content (AvgIpc) is 2.58. The Morgan fingerprint density at radius 2 is 1.54 bits per heavy atom. The molecule has 8 heteroatoms. The molecule has 0 bridgehead atoms. The Bertz CT molecular complexity index is 834. The largest absolute Gasteiger partial charge is 0.514 e. The van der Waals surface area contributed by atoms with Gasteiger partial charge in [-0.05, 0) is 41.8 Å². The maximum Gasteiger partial charge on any atom is 0.514 e. The van der Waals surface area contributed by atoms with E-state index in [0.717, 1.165) is 11.1 Å². The fourth-order valence-corrected chi connectivity index (χ4v) is 2.13. The summed E-state index contributed by atoms with van der Waals surface area (Å²) >= 11 is 0. The SMILES string of the molecule is C=CCOC(=O)Oc1cc(Cc2ccc(N)c(OC(=O)O)c2)ccc1N. The summed E-state index contributed by atoms with van der Waals surface area (Å²) in [5, 5.41) is 8.73. The zero-order chi connectivity index (χ0) is 19.1. The molecule has 2 aromatic carbocycles. The zero-order valence-corrected chi connectivity index (χ0v) is 13.8. The minimum Gasteiger partial charge on any atom is -0.449 e. The van der Waals surface area contributed by atoms with E-state index < -0.39 is 12.3 Å². The van der Waals surface area contributed by atoms with Crippen LogP contribution in [0.2, 0.25) is 0 Å². The first-order chi connectivity index (χ1) is 12.4. The van der Waals surface area contributed by atoms with Crippen molar-refractivity contribution in [1.82, 2.24) is 0 Å². The summed E-state index contributed by atoms with van der Waals surface area (Å²) in [6, 6.07) is 9.76. The molecule has 8 nitrogen and oxygen atoms in total. The van der Waals surface area contributed by atoms with Gasteiger partial charge in [-0.25, -0.2) is 9.59 Å². The predicted molar refractivity (Wildman–Crippen MR) is 95.3 cm³/mol. The average molecular weight is 358 g/mol. The Hall–Kier alpha value is -3.68. The lowest BCUT2D eigenvalue weighted by Crippen LogP contribution is -2.11. The smallest absolute Gasteiger partial charge is 0.449 e. The highest BCUT2D eigenvalue weighted by molar-refractivity contribution is 5.68. The molecule has 0 heterocycles. The van der Waals surface area contributed by atoms with Crippen LogP contribution in [0.1, 0.15) is 11.1 Å². The molecule has 0 atom stereocenters. The summed E-state index contributed by atoms with van der Waals surface area (Å²) in [6.07, 6.45) is -0.512. The lowest BCUT2D eigenvalue weighted by Gasteiger charge is -2.10. The number of carbonyl (C=O) groups excluding carboxylic acids is 1. The quantitative estimate of drug-likeness (QED) is 0.310. The number of benzene rings is 2. The van der Waals surface area contributed by atoms with Crippen molar-refractivity contribution in [2.24, 2.45) is 0 Å². The molecule has 0 saturated carbocycles. The Morgan fingerprint density at radius 1 is 1.00 bits per heavy atom. The number of nitrogen functional groups attached to an aromatic ring is 2. The first kappa shape index (κ1) is 18.7. The molecular formula is C18H18N2O6. The van der Waals surface area contributed by atoms with Crippen LogP contribution < -0.4 is 20.9 Å². The van der Waals surface area contributed by atoms with Gasteiger partial charge in [0.15, 0.2) is 11.5 Å². The first-order valence-corrected chi connectivity index (χ1v) is 7.52. The first-order valence-electron chi connectivity index (χ1n) is 7.52. The molecule has 0 spiro atoms. The molecule has 2 aromatic rings. The molecule has 2 rings (SSSR count). The maximum absolute atomic E-state index is 11.5. The molecule has 0 radical (unpaired) electrons. The minimum atomic E-state index is -1.45. The minimum absolute atomic E-state index is 0.0240. The molecular weight excluding hydrogens is 340 g/mol. The number of carboxylic acid groups (broad SMARTS) is 1. The van der Waals surface area contributed by atoms with E-state index in [0.29, 0.717) is 6.42 Å². The second kappa shape index (κ2) is 8.43. The van der Waals surface area contributed by atoms with Crippen LogP contribution in [0, 0.1) is 0 Å². The fourth-order valence-electron chi connectivity index (χ4n) is 2.13. The van der Waals surface area contributed by atoms with E-state index >= 15 is 0 Å². The molecule has 0 fully saturated rings. The van der Waals surface area contributed by atoms with Gasteiger partial charge in [-0.2, -0.15) is 0 Å². The van der Waals surface area contributed by atoms with Gasteiger partial charge in [0.2, 0.25) is 0 Å². The lowest BCUT2D eigenvalue weighted by molar-refractivity contribution is 0.110. The summed E-state index contributed by atoms with van der Waals surface area (Å²) < 4.78 is 14.5. The summed E-state index contributed by atoms with van der Waals surface area (Å²) in [4.78, 5) is 22.2. The molecule has 0 amide bonds. The van der Waals surface area contributed by atoms with Crippen LogP contribution in [-0.4, -0.2) is 24.0 Å².